The summed E-state index contributed by atoms with van der Waals surface area (Å²) in [7, 11) is 0. The van der Waals surface area contributed by atoms with Crippen LogP contribution in [0, 0.1) is 0 Å². The van der Waals surface area contributed by atoms with Crippen LogP contribution in [0.5, 0.6) is 0 Å². The van der Waals surface area contributed by atoms with E-state index in [0.29, 0.717) is 0 Å². The number of carbonyl (C=O) groups excluding carboxylic acids is 2. The van der Waals surface area contributed by atoms with E-state index in [2.05, 4.69) is 20.6 Å². The number of aliphatic hydroxyl groups is 3. The number of nitrogens with zero attached hydrogens (tertiary/aromatic N) is 2. The molecule has 4 atom stereocenters. The maximum atomic E-state index is 12.0. The normalized spacial score (nSPS) is 23.2. The van der Waals surface area contributed by atoms with E-state index >= 15 is 0 Å². The van der Waals surface area contributed by atoms with Gasteiger partial charge < -0.3 is 20.6 Å². The van der Waals surface area contributed by atoms with Crippen LogP contribution >= 0.6 is 0 Å². The van der Waals surface area contributed by atoms with Crippen LogP contribution in [0.1, 0.15) is 46.7 Å². The zero-order valence-corrected chi connectivity index (χ0v) is 11.9. The lowest BCUT2D eigenvalue weighted by Crippen LogP contribution is -2.50. The molecular weight excluding hydrogens is 294 g/mol. The number of rotatable bonds is 4. The summed E-state index contributed by atoms with van der Waals surface area (Å²) >= 11 is 0. The molecule has 0 aliphatic carbocycles. The second kappa shape index (κ2) is 6.02. The fourth-order valence-electron chi connectivity index (χ4n) is 1.92. The zero-order valence-electron chi connectivity index (χ0n) is 11.9. The number of ketones is 2. The Bertz CT molecular complexity index is 618. The first-order valence-corrected chi connectivity index (χ1v) is 6.55. The molecule has 0 spiro atoms. The molecule has 2 heterocycles. The average Bonchev–Trinajstić information content (AvgIpc) is 2.44. The van der Waals surface area contributed by atoms with Crippen LogP contribution in [0.3, 0.4) is 0 Å². The van der Waals surface area contributed by atoms with Crippen molar-refractivity contribution in [3.05, 3.63) is 17.1 Å². The largest absolute Gasteiger partial charge is 0.385 e. The standard InChI is InChI=1S/C12H17N5O5/c1-3(18)8(20)5-6(9(21)4(2)19)15-10-7(14-5)11(22)17-12(13)16-10/h3-4,11-12,17-19,22H,13H2,1-2H3,(H,15,16). The highest BCUT2D eigenvalue weighted by Crippen LogP contribution is 2.24. The van der Waals surface area contributed by atoms with Crippen LogP contribution in [-0.4, -0.2) is 55.4 Å². The zero-order chi connectivity index (χ0) is 16.6. The Labute approximate surface area is 125 Å². The fourth-order valence-corrected chi connectivity index (χ4v) is 1.92. The summed E-state index contributed by atoms with van der Waals surface area (Å²) < 4.78 is 0. The van der Waals surface area contributed by atoms with Crippen LogP contribution in [-0.2, 0) is 0 Å². The Hall–Kier alpha value is -1.98. The van der Waals surface area contributed by atoms with Crippen LogP contribution in [0.25, 0.3) is 0 Å². The molecule has 1 aromatic heterocycles. The molecule has 1 aliphatic heterocycles. The van der Waals surface area contributed by atoms with Crippen molar-refractivity contribution in [2.75, 3.05) is 5.32 Å². The molecule has 0 saturated heterocycles. The molecule has 10 heteroatoms. The van der Waals surface area contributed by atoms with Crippen LogP contribution in [0.15, 0.2) is 0 Å². The number of nitrogens with two attached hydrogens (primary N) is 1. The van der Waals surface area contributed by atoms with Gasteiger partial charge in [-0.1, -0.05) is 0 Å². The van der Waals surface area contributed by atoms with Gasteiger partial charge in [0.25, 0.3) is 0 Å². The molecule has 120 valence electrons. The van der Waals surface area contributed by atoms with E-state index in [1.807, 2.05) is 0 Å². The summed E-state index contributed by atoms with van der Waals surface area (Å²) in [6.45, 7) is 2.43. The molecule has 10 nitrogen and oxygen atoms in total. The first kappa shape index (κ1) is 16.4. The highest BCUT2D eigenvalue weighted by molar-refractivity contribution is 6.09. The van der Waals surface area contributed by atoms with E-state index in [1.165, 1.54) is 13.8 Å². The highest BCUT2D eigenvalue weighted by atomic mass is 16.3. The van der Waals surface area contributed by atoms with E-state index in [0.717, 1.165) is 0 Å². The minimum Gasteiger partial charge on any atom is -0.385 e. The molecule has 0 radical (unpaired) electrons. The molecule has 2 rings (SSSR count). The van der Waals surface area contributed by atoms with E-state index in [-0.39, 0.29) is 11.5 Å². The van der Waals surface area contributed by atoms with Crippen molar-refractivity contribution < 1.29 is 24.9 Å². The Kier molecular flexibility index (Phi) is 4.49. The lowest BCUT2D eigenvalue weighted by molar-refractivity contribution is 0.0733. The van der Waals surface area contributed by atoms with Gasteiger partial charge in [0.15, 0.2) is 12.0 Å². The van der Waals surface area contributed by atoms with Crippen LogP contribution in [0.4, 0.5) is 5.82 Å². The minimum absolute atomic E-state index is 0.0184. The van der Waals surface area contributed by atoms with Crippen LogP contribution in [0.2, 0.25) is 0 Å². The van der Waals surface area contributed by atoms with Gasteiger partial charge in [0.2, 0.25) is 11.6 Å². The number of hydrogen-bond donors (Lipinski definition) is 6. The van der Waals surface area contributed by atoms with Crippen molar-refractivity contribution in [1.29, 1.82) is 0 Å². The Morgan fingerprint density at radius 1 is 1.14 bits per heavy atom. The van der Waals surface area contributed by atoms with Crippen molar-refractivity contribution in [2.24, 2.45) is 5.73 Å². The third-order valence-corrected chi connectivity index (χ3v) is 3.04. The quantitative estimate of drug-likeness (QED) is 0.337. The number of carbonyl (C=O) groups is 2. The molecule has 22 heavy (non-hydrogen) atoms. The minimum atomic E-state index is -1.42. The lowest BCUT2D eigenvalue weighted by atomic mass is 10.1. The third kappa shape index (κ3) is 2.96. The number of aliphatic hydroxyl groups excluding tert-OH is 3. The molecule has 4 unspecified atom stereocenters. The second-order valence-electron chi connectivity index (χ2n) is 4.93. The monoisotopic (exact) mass is 311 g/mol. The van der Waals surface area contributed by atoms with E-state index in [9.17, 15) is 24.9 Å². The number of aromatic nitrogens is 2. The van der Waals surface area contributed by atoms with E-state index < -0.39 is 47.7 Å². The summed E-state index contributed by atoms with van der Waals surface area (Å²) in [5, 5.41) is 33.9. The Balaban J connectivity index is 2.62. The molecule has 7 N–H and O–H groups in total. The fraction of sp³-hybridized carbons (Fsp3) is 0.500. The summed E-state index contributed by atoms with van der Waals surface area (Å²) in [6, 6.07) is 0. The van der Waals surface area contributed by atoms with Gasteiger partial charge in [-0.25, -0.2) is 9.97 Å². The molecule has 0 saturated carbocycles. The maximum absolute atomic E-state index is 12.0. The molecule has 1 aliphatic rings. The SMILES string of the molecule is CC(O)C(=O)c1nc2c(nc1C(=O)C(C)O)C(O)NC(N)N2. The average molecular weight is 311 g/mol. The maximum Gasteiger partial charge on any atom is 0.211 e. The molecule has 0 bridgehead atoms. The highest BCUT2D eigenvalue weighted by Gasteiger charge is 2.32. The number of nitrogens with one attached hydrogen (secondary N) is 2. The number of Topliss-reactive ketones (excluding diaryl/α,β-unsaturated/α-hetero) is 2. The van der Waals surface area contributed by atoms with Gasteiger partial charge in [-0.3, -0.25) is 20.6 Å². The molecule has 0 amide bonds. The van der Waals surface area contributed by atoms with Gasteiger partial charge >= 0.3 is 0 Å². The van der Waals surface area contributed by atoms with Crippen molar-refractivity contribution in [1.82, 2.24) is 15.3 Å². The Morgan fingerprint density at radius 3 is 2.14 bits per heavy atom. The van der Waals surface area contributed by atoms with E-state index in [1.54, 1.807) is 0 Å². The van der Waals surface area contributed by atoms with Crippen molar-refractivity contribution in [3.8, 4) is 0 Å². The predicted octanol–water partition coefficient (Wildman–Crippen LogP) is -2.15. The summed E-state index contributed by atoms with van der Waals surface area (Å²) in [4.78, 5) is 31.9. The summed E-state index contributed by atoms with van der Waals surface area (Å²) in [5.74, 6) is -1.66. The molecule has 0 fully saturated rings. The topological polar surface area (TPSA) is 171 Å². The number of anilines is 1. The van der Waals surface area contributed by atoms with Gasteiger partial charge in [-0.2, -0.15) is 0 Å². The molecule has 1 aromatic rings. The van der Waals surface area contributed by atoms with Gasteiger partial charge in [0.05, 0.1) is 0 Å². The lowest BCUT2D eigenvalue weighted by Gasteiger charge is -2.28. The smallest absolute Gasteiger partial charge is 0.211 e. The Morgan fingerprint density at radius 2 is 1.64 bits per heavy atom. The predicted molar refractivity (Wildman–Crippen MR) is 73.7 cm³/mol. The first-order valence-electron chi connectivity index (χ1n) is 6.55. The molecular formula is C12H17N5O5. The van der Waals surface area contributed by atoms with Gasteiger partial charge in [0.1, 0.15) is 35.6 Å². The van der Waals surface area contributed by atoms with E-state index in [4.69, 9.17) is 5.73 Å². The summed E-state index contributed by atoms with van der Waals surface area (Å²) in [5.41, 5.74) is 4.73. The van der Waals surface area contributed by atoms with Gasteiger partial charge in [-0.05, 0) is 13.8 Å². The van der Waals surface area contributed by atoms with Crippen molar-refractivity contribution >= 4 is 17.4 Å². The first-order chi connectivity index (χ1) is 10.2. The van der Waals surface area contributed by atoms with Gasteiger partial charge in [-0.15, -0.1) is 0 Å². The molecule has 0 aromatic carbocycles. The van der Waals surface area contributed by atoms with Crippen molar-refractivity contribution in [2.45, 2.75) is 38.6 Å². The van der Waals surface area contributed by atoms with Crippen molar-refractivity contribution in [3.63, 3.8) is 0 Å². The number of fused-ring (bicyclic) bond motifs is 1. The van der Waals surface area contributed by atoms with Gasteiger partial charge in [0, 0.05) is 0 Å². The van der Waals surface area contributed by atoms with Crippen LogP contribution < -0.4 is 16.4 Å². The number of hydrogen-bond acceptors (Lipinski definition) is 10. The summed E-state index contributed by atoms with van der Waals surface area (Å²) in [6.07, 6.45) is -4.95. The third-order valence-electron chi connectivity index (χ3n) is 3.04. The second-order valence-corrected chi connectivity index (χ2v) is 4.93.